The van der Waals surface area contributed by atoms with Gasteiger partial charge in [0.25, 0.3) is 5.56 Å². The number of rotatable bonds is 8. The van der Waals surface area contributed by atoms with Crippen LogP contribution in [-0.2, 0) is 12.0 Å². The Bertz CT molecular complexity index is 995. The van der Waals surface area contributed by atoms with Gasteiger partial charge in [-0.2, -0.15) is 0 Å². The Morgan fingerprint density at radius 1 is 1.17 bits per heavy atom. The fourth-order valence-electron chi connectivity index (χ4n) is 3.64. The summed E-state index contributed by atoms with van der Waals surface area (Å²) in [7, 11) is 0. The Labute approximate surface area is 177 Å². The number of aromatic amines is 1. The second kappa shape index (κ2) is 9.43. The van der Waals surface area contributed by atoms with E-state index in [1.807, 2.05) is 12.2 Å². The normalized spacial score (nSPS) is 12.9. The maximum absolute atomic E-state index is 12.9. The standard InChI is InChI=1S/C23H34N4O3/c1-7-12-27-20(24)18(21(29)26-22(27)30)17(28)13-25-19(14(2)3)15-8-10-16(11-9-15)23(4,5)6/h8-11,14,19,25H,7,12-13,24H2,1-6H3,(H,26,29,30)/p+1/t19-/m0/s1. The Hall–Kier alpha value is -2.67. The number of aromatic nitrogens is 2. The average Bonchev–Trinajstić information content (AvgIpc) is 2.64. The van der Waals surface area contributed by atoms with Crippen molar-refractivity contribution in [3.63, 3.8) is 0 Å². The van der Waals surface area contributed by atoms with E-state index in [0.717, 1.165) is 5.56 Å². The molecule has 30 heavy (non-hydrogen) atoms. The lowest BCUT2D eigenvalue weighted by atomic mass is 9.85. The lowest BCUT2D eigenvalue weighted by molar-refractivity contribution is -0.691. The SMILES string of the molecule is CCCn1c(N)c(C(=O)C[NH2+][C@H](c2ccc(C(C)(C)C)cc2)C(C)C)c(=O)[nH]c1=O. The summed E-state index contributed by atoms with van der Waals surface area (Å²) < 4.78 is 1.25. The molecule has 0 fully saturated rings. The highest BCUT2D eigenvalue weighted by molar-refractivity contribution is 6.00. The molecule has 164 valence electrons. The molecule has 1 aromatic heterocycles. The number of carbonyl (C=O) groups is 1. The predicted molar refractivity (Wildman–Crippen MR) is 120 cm³/mol. The second-order valence-corrected chi connectivity index (χ2v) is 9.18. The first-order chi connectivity index (χ1) is 14.0. The number of ketones is 1. The molecule has 7 nitrogen and oxygen atoms in total. The molecule has 1 atom stereocenters. The van der Waals surface area contributed by atoms with E-state index in [0.29, 0.717) is 13.0 Å². The molecule has 2 rings (SSSR count). The van der Waals surface area contributed by atoms with Crippen LogP contribution in [0.5, 0.6) is 0 Å². The van der Waals surface area contributed by atoms with Crippen LogP contribution in [0.15, 0.2) is 33.9 Å². The largest absolute Gasteiger partial charge is 0.384 e. The number of nitrogens with two attached hydrogens (primary N) is 2. The molecular weight excluding hydrogens is 380 g/mol. The van der Waals surface area contributed by atoms with E-state index in [-0.39, 0.29) is 41.1 Å². The van der Waals surface area contributed by atoms with Crippen molar-refractivity contribution >= 4 is 11.6 Å². The minimum Gasteiger partial charge on any atom is -0.384 e. The first-order valence-electron chi connectivity index (χ1n) is 10.6. The van der Waals surface area contributed by atoms with Gasteiger partial charge in [0.2, 0.25) is 5.78 Å². The monoisotopic (exact) mass is 415 g/mol. The molecule has 0 saturated heterocycles. The Morgan fingerprint density at radius 2 is 1.77 bits per heavy atom. The van der Waals surface area contributed by atoms with Crippen molar-refractivity contribution < 1.29 is 10.1 Å². The van der Waals surface area contributed by atoms with Gasteiger partial charge in [-0.1, -0.05) is 65.8 Å². The van der Waals surface area contributed by atoms with Gasteiger partial charge in [-0.15, -0.1) is 0 Å². The number of nitrogens with one attached hydrogen (secondary N) is 1. The molecule has 0 spiro atoms. The first kappa shape index (κ1) is 23.6. The Morgan fingerprint density at radius 3 is 2.27 bits per heavy atom. The summed E-state index contributed by atoms with van der Waals surface area (Å²) in [6.07, 6.45) is 0.663. The number of H-pyrrole nitrogens is 1. The van der Waals surface area contributed by atoms with Gasteiger partial charge >= 0.3 is 5.69 Å². The molecule has 0 unspecified atom stereocenters. The molecule has 2 aromatic rings. The maximum Gasteiger partial charge on any atom is 0.329 e. The smallest absolute Gasteiger partial charge is 0.329 e. The zero-order valence-corrected chi connectivity index (χ0v) is 18.9. The third kappa shape index (κ3) is 5.27. The first-order valence-corrected chi connectivity index (χ1v) is 10.6. The summed E-state index contributed by atoms with van der Waals surface area (Å²) >= 11 is 0. The molecule has 1 aromatic carbocycles. The molecule has 0 amide bonds. The van der Waals surface area contributed by atoms with Gasteiger partial charge in [0, 0.05) is 18.0 Å². The van der Waals surface area contributed by atoms with E-state index in [1.54, 1.807) is 0 Å². The van der Waals surface area contributed by atoms with Crippen LogP contribution in [0.3, 0.4) is 0 Å². The van der Waals surface area contributed by atoms with E-state index >= 15 is 0 Å². The van der Waals surface area contributed by atoms with Crippen LogP contribution in [0.1, 0.15) is 75.5 Å². The van der Waals surface area contributed by atoms with Crippen LogP contribution in [-0.4, -0.2) is 21.9 Å². The van der Waals surface area contributed by atoms with Crippen molar-refractivity contribution in [1.29, 1.82) is 0 Å². The number of benzene rings is 1. The summed E-state index contributed by atoms with van der Waals surface area (Å²) in [6, 6.07) is 8.53. The number of quaternary nitrogens is 1. The topological polar surface area (TPSA) is 115 Å². The molecule has 1 heterocycles. The molecule has 0 radical (unpaired) electrons. The van der Waals surface area contributed by atoms with Gasteiger partial charge in [0.05, 0.1) is 0 Å². The lowest BCUT2D eigenvalue weighted by Gasteiger charge is -2.22. The van der Waals surface area contributed by atoms with E-state index in [9.17, 15) is 14.4 Å². The number of Topliss-reactive ketones (excluding diaryl/α,β-unsaturated/α-hetero) is 1. The van der Waals surface area contributed by atoms with Crippen molar-refractivity contribution in [2.75, 3.05) is 12.3 Å². The van der Waals surface area contributed by atoms with Gasteiger partial charge in [0.15, 0.2) is 0 Å². The van der Waals surface area contributed by atoms with E-state index in [2.05, 4.69) is 63.9 Å². The van der Waals surface area contributed by atoms with Gasteiger partial charge in [-0.25, -0.2) is 4.79 Å². The second-order valence-electron chi connectivity index (χ2n) is 9.18. The van der Waals surface area contributed by atoms with Crippen molar-refractivity contribution in [3.8, 4) is 0 Å². The van der Waals surface area contributed by atoms with E-state index < -0.39 is 11.2 Å². The number of hydrogen-bond donors (Lipinski definition) is 3. The van der Waals surface area contributed by atoms with Crippen LogP contribution in [0.25, 0.3) is 0 Å². The molecule has 0 aliphatic carbocycles. The van der Waals surface area contributed by atoms with Crippen molar-refractivity contribution in [3.05, 3.63) is 61.8 Å². The Balaban J connectivity index is 2.25. The van der Waals surface area contributed by atoms with Crippen molar-refractivity contribution in [2.24, 2.45) is 5.92 Å². The molecule has 0 bridgehead atoms. The third-order valence-corrected chi connectivity index (χ3v) is 5.40. The molecule has 0 saturated carbocycles. The number of nitrogens with zero attached hydrogens (tertiary/aromatic N) is 1. The van der Waals surface area contributed by atoms with Crippen LogP contribution >= 0.6 is 0 Å². The Kier molecular flexibility index (Phi) is 7.42. The summed E-state index contributed by atoms with van der Waals surface area (Å²) in [5.74, 6) is -0.154. The fraction of sp³-hybridized carbons (Fsp3) is 0.522. The summed E-state index contributed by atoms with van der Waals surface area (Å²) in [5.41, 5.74) is 7.03. The minimum atomic E-state index is -0.723. The highest BCUT2D eigenvalue weighted by atomic mass is 16.2. The highest BCUT2D eigenvalue weighted by Gasteiger charge is 2.25. The number of hydrogen-bond acceptors (Lipinski definition) is 4. The third-order valence-electron chi connectivity index (χ3n) is 5.40. The number of nitrogen functional groups attached to an aromatic ring is 1. The molecule has 7 heteroatoms. The van der Waals surface area contributed by atoms with E-state index in [1.165, 1.54) is 10.1 Å². The molecular formula is C23H35N4O3+. The van der Waals surface area contributed by atoms with Crippen LogP contribution in [0.2, 0.25) is 0 Å². The molecule has 0 aliphatic rings. The number of carbonyl (C=O) groups excluding carboxylic acids is 1. The fourth-order valence-corrected chi connectivity index (χ4v) is 3.64. The highest BCUT2D eigenvalue weighted by Crippen LogP contribution is 2.25. The quantitative estimate of drug-likeness (QED) is 0.572. The van der Waals surface area contributed by atoms with Gasteiger partial charge < -0.3 is 11.1 Å². The summed E-state index contributed by atoms with van der Waals surface area (Å²) in [6.45, 7) is 13.0. The molecule has 5 N–H and O–H groups in total. The minimum absolute atomic E-state index is 0.0559. The zero-order valence-electron chi connectivity index (χ0n) is 18.9. The number of anilines is 1. The van der Waals surface area contributed by atoms with Crippen LogP contribution in [0.4, 0.5) is 5.82 Å². The van der Waals surface area contributed by atoms with Crippen molar-refractivity contribution in [1.82, 2.24) is 9.55 Å². The maximum atomic E-state index is 12.9. The van der Waals surface area contributed by atoms with Gasteiger partial charge in [-0.3, -0.25) is 19.1 Å². The lowest BCUT2D eigenvalue weighted by Crippen LogP contribution is -2.88. The average molecular weight is 416 g/mol. The van der Waals surface area contributed by atoms with Gasteiger partial charge in [0.1, 0.15) is 24.0 Å². The summed E-state index contributed by atoms with van der Waals surface area (Å²) in [5, 5.41) is 1.94. The van der Waals surface area contributed by atoms with E-state index in [4.69, 9.17) is 5.73 Å². The van der Waals surface area contributed by atoms with Gasteiger partial charge in [-0.05, 0) is 17.4 Å². The van der Waals surface area contributed by atoms with Crippen LogP contribution in [0, 0.1) is 5.92 Å². The predicted octanol–water partition coefficient (Wildman–Crippen LogP) is 1.97. The zero-order chi connectivity index (χ0) is 22.6. The van der Waals surface area contributed by atoms with Crippen LogP contribution < -0.4 is 22.3 Å². The van der Waals surface area contributed by atoms with Crippen molar-refractivity contribution in [2.45, 2.75) is 66.0 Å². The molecule has 0 aliphatic heterocycles. The summed E-state index contributed by atoms with van der Waals surface area (Å²) in [4.78, 5) is 39.3.